The third-order valence-electron chi connectivity index (χ3n) is 2.29. The Morgan fingerprint density at radius 2 is 2.14 bits per heavy atom. The minimum atomic E-state index is -0.739. The molecule has 74 valence electrons. The highest BCUT2D eigenvalue weighted by atomic mass is 16.3. The van der Waals surface area contributed by atoms with Gasteiger partial charge >= 0.3 is 0 Å². The molecule has 4 nitrogen and oxygen atoms in total. The molecule has 0 aliphatic rings. The number of benzene rings is 1. The minimum absolute atomic E-state index is 0.676. The van der Waals surface area contributed by atoms with Crippen molar-refractivity contribution >= 4 is 16.6 Å². The van der Waals surface area contributed by atoms with E-state index in [1.54, 1.807) is 17.8 Å². The zero-order chi connectivity index (χ0) is 10.1. The average molecular weight is 191 g/mol. The first-order valence-electron chi connectivity index (χ1n) is 4.44. The van der Waals surface area contributed by atoms with Crippen LogP contribution in [0.5, 0.6) is 0 Å². The number of nitrogens with one attached hydrogen (secondary N) is 1. The summed E-state index contributed by atoms with van der Waals surface area (Å²) < 4.78 is 1.70. The van der Waals surface area contributed by atoms with Crippen LogP contribution in [-0.2, 0) is 0 Å². The summed E-state index contributed by atoms with van der Waals surface area (Å²) in [5.74, 6) is 0. The highest BCUT2D eigenvalue weighted by molar-refractivity contribution is 5.91. The maximum absolute atomic E-state index is 9.64. The molecule has 0 aliphatic carbocycles. The fraction of sp³-hybridized carbons (Fsp3) is 0.200. The first-order valence-corrected chi connectivity index (χ1v) is 4.44. The second-order valence-corrected chi connectivity index (χ2v) is 3.17. The molecule has 4 N–H and O–H groups in total. The molecule has 0 aliphatic heterocycles. The number of fused-ring (bicyclic) bond motifs is 1. The summed E-state index contributed by atoms with van der Waals surface area (Å²) in [5.41, 5.74) is 7.41. The summed E-state index contributed by atoms with van der Waals surface area (Å²) in [6, 6.07) is 7.70. The quantitative estimate of drug-likeness (QED) is 0.618. The number of rotatable bonds is 2. The molecule has 1 aromatic carbocycles. The molecule has 0 radical (unpaired) electrons. The van der Waals surface area contributed by atoms with Crippen molar-refractivity contribution in [3.63, 3.8) is 0 Å². The Morgan fingerprint density at radius 3 is 2.86 bits per heavy atom. The molecule has 1 aromatic heterocycles. The Balaban J connectivity index is 2.66. The largest absolute Gasteiger partial charge is 0.397 e. The summed E-state index contributed by atoms with van der Waals surface area (Å²) in [5, 5.41) is 13.3. The first-order chi connectivity index (χ1) is 6.74. The van der Waals surface area contributed by atoms with Crippen molar-refractivity contribution in [1.82, 2.24) is 9.88 Å². The summed E-state index contributed by atoms with van der Waals surface area (Å²) >= 11 is 0. The van der Waals surface area contributed by atoms with Crippen LogP contribution in [0.3, 0.4) is 0 Å². The van der Waals surface area contributed by atoms with Crippen LogP contribution in [0.2, 0.25) is 0 Å². The molecule has 1 atom stereocenters. The zero-order valence-electron chi connectivity index (χ0n) is 7.94. The molecular formula is C10H13N3O. The lowest BCUT2D eigenvalue weighted by molar-refractivity contribution is 0.0810. The van der Waals surface area contributed by atoms with Gasteiger partial charge in [-0.2, -0.15) is 0 Å². The predicted molar refractivity (Wildman–Crippen MR) is 56.7 cm³/mol. The van der Waals surface area contributed by atoms with E-state index in [-0.39, 0.29) is 0 Å². The second kappa shape index (κ2) is 3.32. The smallest absolute Gasteiger partial charge is 0.187 e. The van der Waals surface area contributed by atoms with Crippen molar-refractivity contribution in [3.05, 3.63) is 30.5 Å². The Hall–Kier alpha value is -1.52. The highest BCUT2D eigenvalue weighted by Crippen LogP contribution is 2.24. The van der Waals surface area contributed by atoms with E-state index in [2.05, 4.69) is 5.32 Å². The van der Waals surface area contributed by atoms with Gasteiger partial charge in [0.2, 0.25) is 0 Å². The Labute approximate surface area is 81.9 Å². The number of hydrogen-bond acceptors (Lipinski definition) is 3. The van der Waals surface area contributed by atoms with E-state index in [1.165, 1.54) is 0 Å². The van der Waals surface area contributed by atoms with Crippen LogP contribution < -0.4 is 11.1 Å². The SMILES string of the molecule is CNC(O)n1cc(N)c2ccccc21. The van der Waals surface area contributed by atoms with E-state index in [4.69, 9.17) is 5.73 Å². The molecule has 0 fully saturated rings. The molecule has 0 bridgehead atoms. The lowest BCUT2D eigenvalue weighted by atomic mass is 10.2. The van der Waals surface area contributed by atoms with Gasteiger partial charge in [0.15, 0.2) is 6.35 Å². The fourth-order valence-electron chi connectivity index (χ4n) is 1.57. The minimum Gasteiger partial charge on any atom is -0.397 e. The number of nitrogens with zero attached hydrogens (tertiary/aromatic N) is 1. The maximum Gasteiger partial charge on any atom is 0.187 e. The van der Waals surface area contributed by atoms with Crippen molar-refractivity contribution in [2.24, 2.45) is 0 Å². The molecule has 0 saturated heterocycles. The Bertz CT molecular complexity index is 450. The number of para-hydroxylation sites is 1. The Kier molecular flexibility index (Phi) is 2.15. The molecule has 0 amide bonds. The van der Waals surface area contributed by atoms with Gasteiger partial charge in [0.05, 0.1) is 11.2 Å². The zero-order valence-corrected chi connectivity index (χ0v) is 7.94. The monoisotopic (exact) mass is 191 g/mol. The van der Waals surface area contributed by atoms with Crippen LogP contribution in [0, 0.1) is 0 Å². The highest BCUT2D eigenvalue weighted by Gasteiger charge is 2.09. The van der Waals surface area contributed by atoms with Gasteiger partial charge < -0.3 is 15.4 Å². The third-order valence-corrected chi connectivity index (χ3v) is 2.29. The summed E-state index contributed by atoms with van der Waals surface area (Å²) in [7, 11) is 1.69. The molecule has 0 spiro atoms. The molecule has 1 heterocycles. The second-order valence-electron chi connectivity index (χ2n) is 3.17. The molecular weight excluding hydrogens is 178 g/mol. The average Bonchev–Trinajstić information content (AvgIpc) is 2.56. The summed E-state index contributed by atoms with van der Waals surface area (Å²) in [6.07, 6.45) is 0.989. The van der Waals surface area contributed by atoms with E-state index in [9.17, 15) is 5.11 Å². The van der Waals surface area contributed by atoms with Crippen LogP contribution in [0.15, 0.2) is 30.5 Å². The van der Waals surface area contributed by atoms with Gasteiger partial charge in [-0.25, -0.2) is 0 Å². The predicted octanol–water partition coefficient (Wildman–Crippen LogP) is 0.891. The van der Waals surface area contributed by atoms with E-state index < -0.39 is 6.35 Å². The van der Waals surface area contributed by atoms with Crippen LogP contribution in [0.1, 0.15) is 6.35 Å². The van der Waals surface area contributed by atoms with E-state index in [0.717, 1.165) is 10.9 Å². The molecule has 0 saturated carbocycles. The van der Waals surface area contributed by atoms with E-state index >= 15 is 0 Å². The van der Waals surface area contributed by atoms with Gasteiger partial charge in [0.25, 0.3) is 0 Å². The molecule has 4 heteroatoms. The van der Waals surface area contributed by atoms with Crippen molar-refractivity contribution < 1.29 is 5.11 Å². The maximum atomic E-state index is 9.64. The fourth-order valence-corrected chi connectivity index (χ4v) is 1.57. The number of hydrogen-bond donors (Lipinski definition) is 3. The van der Waals surface area contributed by atoms with Gasteiger partial charge in [-0.05, 0) is 13.1 Å². The van der Waals surface area contributed by atoms with Crippen molar-refractivity contribution in [2.75, 3.05) is 12.8 Å². The number of nitrogen functional groups attached to an aromatic ring is 1. The molecule has 1 unspecified atom stereocenters. The lowest BCUT2D eigenvalue weighted by Crippen LogP contribution is -2.21. The van der Waals surface area contributed by atoms with Crippen molar-refractivity contribution in [2.45, 2.75) is 6.35 Å². The van der Waals surface area contributed by atoms with Gasteiger partial charge in [-0.1, -0.05) is 18.2 Å². The number of aliphatic hydroxyl groups is 1. The van der Waals surface area contributed by atoms with Crippen LogP contribution in [0.4, 0.5) is 5.69 Å². The number of aromatic nitrogens is 1. The lowest BCUT2D eigenvalue weighted by Gasteiger charge is -2.11. The van der Waals surface area contributed by atoms with Gasteiger partial charge in [-0.15, -0.1) is 0 Å². The van der Waals surface area contributed by atoms with E-state index in [1.807, 2.05) is 24.3 Å². The van der Waals surface area contributed by atoms with Crippen LogP contribution >= 0.6 is 0 Å². The number of aliphatic hydroxyl groups excluding tert-OH is 1. The molecule has 2 aromatic rings. The summed E-state index contributed by atoms with van der Waals surface area (Å²) in [6.45, 7) is 0. The van der Waals surface area contributed by atoms with Crippen molar-refractivity contribution in [3.8, 4) is 0 Å². The number of anilines is 1. The number of nitrogens with two attached hydrogens (primary N) is 1. The topological polar surface area (TPSA) is 63.2 Å². The van der Waals surface area contributed by atoms with Gasteiger partial charge in [0, 0.05) is 11.6 Å². The van der Waals surface area contributed by atoms with Gasteiger partial charge in [-0.3, -0.25) is 5.32 Å². The Morgan fingerprint density at radius 1 is 1.43 bits per heavy atom. The van der Waals surface area contributed by atoms with Crippen LogP contribution in [0.25, 0.3) is 10.9 Å². The van der Waals surface area contributed by atoms with E-state index in [0.29, 0.717) is 5.69 Å². The van der Waals surface area contributed by atoms with Crippen molar-refractivity contribution in [1.29, 1.82) is 0 Å². The first kappa shape index (κ1) is 9.05. The third kappa shape index (κ3) is 1.25. The molecule has 14 heavy (non-hydrogen) atoms. The van der Waals surface area contributed by atoms with Gasteiger partial charge in [0.1, 0.15) is 0 Å². The standard InChI is InChI=1S/C10H13N3O/c1-12-10(14)13-6-8(11)7-4-2-3-5-9(7)13/h2-6,10,12,14H,11H2,1H3. The van der Waals surface area contributed by atoms with Crippen LogP contribution in [-0.4, -0.2) is 16.7 Å². The summed E-state index contributed by atoms with van der Waals surface area (Å²) in [4.78, 5) is 0. The normalized spacial score (nSPS) is 13.3. The molecule has 2 rings (SSSR count).